The number of ketones is 1. The van der Waals surface area contributed by atoms with Crippen molar-refractivity contribution in [2.45, 2.75) is 20.4 Å². The van der Waals surface area contributed by atoms with E-state index in [0.717, 1.165) is 11.1 Å². The van der Waals surface area contributed by atoms with E-state index in [9.17, 15) is 9.59 Å². The fraction of sp³-hybridized carbons (Fsp3) is 0.214. The number of rotatable bonds is 3. The molecule has 92 valence electrons. The third-order valence-corrected chi connectivity index (χ3v) is 2.59. The highest BCUT2D eigenvalue weighted by atomic mass is 16.1. The first-order valence-electron chi connectivity index (χ1n) is 5.71. The molecular formula is C14H14N2O2. The van der Waals surface area contributed by atoms with E-state index in [1.54, 1.807) is 6.07 Å². The summed E-state index contributed by atoms with van der Waals surface area (Å²) in [6, 6.07) is 11.0. The molecule has 0 aliphatic rings. The average molecular weight is 242 g/mol. The Balaban J connectivity index is 2.43. The van der Waals surface area contributed by atoms with Crippen LogP contribution in [0.1, 0.15) is 12.5 Å². The Morgan fingerprint density at radius 1 is 1.17 bits per heavy atom. The van der Waals surface area contributed by atoms with Gasteiger partial charge in [-0.1, -0.05) is 29.8 Å². The molecule has 18 heavy (non-hydrogen) atoms. The smallest absolute Gasteiger partial charge is 0.267 e. The predicted octanol–water partition coefficient (Wildman–Crippen LogP) is 1.81. The molecule has 0 radical (unpaired) electrons. The summed E-state index contributed by atoms with van der Waals surface area (Å²) in [6.07, 6.45) is 0. The van der Waals surface area contributed by atoms with Crippen LogP contribution in [0.5, 0.6) is 0 Å². The summed E-state index contributed by atoms with van der Waals surface area (Å²) in [5.74, 6) is -0.0920. The lowest BCUT2D eigenvalue weighted by molar-refractivity contribution is -0.117. The van der Waals surface area contributed by atoms with E-state index < -0.39 is 0 Å². The summed E-state index contributed by atoms with van der Waals surface area (Å²) < 4.78 is 1.19. The van der Waals surface area contributed by atoms with Crippen molar-refractivity contribution in [2.24, 2.45) is 0 Å². The second kappa shape index (κ2) is 4.96. The summed E-state index contributed by atoms with van der Waals surface area (Å²) in [6.45, 7) is 3.46. The summed E-state index contributed by atoms with van der Waals surface area (Å²) in [5.41, 5.74) is 2.52. The van der Waals surface area contributed by atoms with Crippen molar-refractivity contribution in [3.05, 3.63) is 52.3 Å². The number of carbonyl (C=O) groups is 1. The molecule has 0 amide bonds. The molecule has 0 atom stereocenters. The molecule has 2 aromatic rings. The molecule has 0 spiro atoms. The first kappa shape index (κ1) is 12.2. The molecule has 4 heteroatoms. The molecule has 0 aliphatic carbocycles. The zero-order valence-electron chi connectivity index (χ0n) is 10.4. The summed E-state index contributed by atoms with van der Waals surface area (Å²) in [4.78, 5) is 22.6. The highest BCUT2D eigenvalue weighted by Crippen LogP contribution is 2.15. The molecule has 0 saturated heterocycles. The van der Waals surface area contributed by atoms with Crippen molar-refractivity contribution < 1.29 is 4.79 Å². The fourth-order valence-corrected chi connectivity index (χ4v) is 1.65. The first-order chi connectivity index (χ1) is 8.56. The van der Waals surface area contributed by atoms with Crippen LogP contribution >= 0.6 is 0 Å². The van der Waals surface area contributed by atoms with Gasteiger partial charge in [0.1, 0.15) is 6.54 Å². The Kier molecular flexibility index (Phi) is 3.37. The molecule has 0 bridgehead atoms. The monoisotopic (exact) mass is 242 g/mol. The van der Waals surface area contributed by atoms with E-state index in [2.05, 4.69) is 5.10 Å². The molecule has 0 saturated carbocycles. The summed E-state index contributed by atoms with van der Waals surface area (Å²) in [7, 11) is 0. The minimum absolute atomic E-state index is 0.0124. The van der Waals surface area contributed by atoms with Gasteiger partial charge in [-0.3, -0.25) is 9.59 Å². The number of aryl methyl sites for hydroxylation is 1. The quantitative estimate of drug-likeness (QED) is 0.824. The van der Waals surface area contributed by atoms with Crippen LogP contribution in [0.2, 0.25) is 0 Å². The van der Waals surface area contributed by atoms with Crippen LogP contribution in [0.4, 0.5) is 0 Å². The molecule has 0 unspecified atom stereocenters. The van der Waals surface area contributed by atoms with Crippen molar-refractivity contribution in [1.29, 1.82) is 0 Å². The Morgan fingerprint density at radius 2 is 1.83 bits per heavy atom. The van der Waals surface area contributed by atoms with Crippen LogP contribution < -0.4 is 5.56 Å². The Bertz CT molecular complexity index is 627. The Labute approximate surface area is 105 Å². The van der Waals surface area contributed by atoms with Gasteiger partial charge in [-0.15, -0.1) is 0 Å². The van der Waals surface area contributed by atoms with Crippen LogP contribution in [0, 0.1) is 6.92 Å². The van der Waals surface area contributed by atoms with E-state index in [1.807, 2.05) is 31.2 Å². The first-order valence-corrected chi connectivity index (χ1v) is 5.71. The maximum atomic E-state index is 11.5. The van der Waals surface area contributed by atoms with Crippen LogP contribution in [0.3, 0.4) is 0 Å². The second-order valence-electron chi connectivity index (χ2n) is 4.28. The molecule has 0 fully saturated rings. The summed E-state index contributed by atoms with van der Waals surface area (Å²) >= 11 is 0. The van der Waals surface area contributed by atoms with Crippen molar-refractivity contribution in [3.63, 3.8) is 0 Å². The molecule has 2 rings (SSSR count). The fourth-order valence-electron chi connectivity index (χ4n) is 1.65. The lowest BCUT2D eigenvalue weighted by Gasteiger charge is -2.05. The SMILES string of the molecule is CC(=O)Cn1nc(-c2ccc(C)cc2)ccc1=O. The lowest BCUT2D eigenvalue weighted by atomic mass is 10.1. The van der Waals surface area contributed by atoms with Crippen LogP contribution in [-0.2, 0) is 11.3 Å². The van der Waals surface area contributed by atoms with Gasteiger partial charge in [0.05, 0.1) is 5.69 Å². The van der Waals surface area contributed by atoms with Gasteiger partial charge >= 0.3 is 0 Å². The minimum atomic E-state index is -0.263. The number of hydrogen-bond donors (Lipinski definition) is 0. The molecule has 1 aromatic heterocycles. The van der Waals surface area contributed by atoms with Crippen LogP contribution in [0.25, 0.3) is 11.3 Å². The van der Waals surface area contributed by atoms with Crippen molar-refractivity contribution in [3.8, 4) is 11.3 Å². The largest absolute Gasteiger partial charge is 0.298 e. The normalized spacial score (nSPS) is 10.3. The van der Waals surface area contributed by atoms with Gasteiger partial charge in [-0.2, -0.15) is 5.10 Å². The van der Waals surface area contributed by atoms with Gasteiger partial charge in [-0.25, -0.2) is 4.68 Å². The van der Waals surface area contributed by atoms with Crippen LogP contribution in [0.15, 0.2) is 41.2 Å². The molecule has 0 aliphatic heterocycles. The van der Waals surface area contributed by atoms with E-state index in [1.165, 1.54) is 17.7 Å². The van der Waals surface area contributed by atoms with Gasteiger partial charge in [0.2, 0.25) is 0 Å². The Hall–Kier alpha value is -2.23. The van der Waals surface area contributed by atoms with Gasteiger partial charge in [-0.05, 0) is 19.9 Å². The number of Topliss-reactive ketones (excluding diaryl/α,β-unsaturated/α-hetero) is 1. The Morgan fingerprint density at radius 3 is 2.44 bits per heavy atom. The third-order valence-electron chi connectivity index (χ3n) is 2.59. The zero-order valence-corrected chi connectivity index (χ0v) is 10.4. The topological polar surface area (TPSA) is 52.0 Å². The van der Waals surface area contributed by atoms with E-state index in [-0.39, 0.29) is 17.9 Å². The van der Waals surface area contributed by atoms with Gasteiger partial charge in [0, 0.05) is 11.6 Å². The summed E-state index contributed by atoms with van der Waals surface area (Å²) in [5, 5.41) is 4.20. The van der Waals surface area contributed by atoms with Crippen molar-refractivity contribution in [2.75, 3.05) is 0 Å². The van der Waals surface area contributed by atoms with Gasteiger partial charge in [0.15, 0.2) is 5.78 Å². The maximum Gasteiger partial charge on any atom is 0.267 e. The number of carbonyl (C=O) groups excluding carboxylic acids is 1. The number of hydrogen-bond acceptors (Lipinski definition) is 3. The molecule has 1 aromatic carbocycles. The van der Waals surface area contributed by atoms with Crippen molar-refractivity contribution in [1.82, 2.24) is 9.78 Å². The van der Waals surface area contributed by atoms with E-state index in [0.29, 0.717) is 5.69 Å². The van der Waals surface area contributed by atoms with Crippen molar-refractivity contribution >= 4 is 5.78 Å². The third kappa shape index (κ3) is 2.71. The van der Waals surface area contributed by atoms with E-state index in [4.69, 9.17) is 0 Å². The molecular weight excluding hydrogens is 228 g/mol. The number of benzene rings is 1. The molecule has 1 heterocycles. The van der Waals surface area contributed by atoms with Gasteiger partial charge in [0.25, 0.3) is 5.56 Å². The number of aromatic nitrogens is 2. The van der Waals surface area contributed by atoms with Crippen LogP contribution in [-0.4, -0.2) is 15.6 Å². The lowest BCUT2D eigenvalue weighted by Crippen LogP contribution is -2.25. The second-order valence-corrected chi connectivity index (χ2v) is 4.28. The minimum Gasteiger partial charge on any atom is -0.298 e. The highest BCUT2D eigenvalue weighted by Gasteiger charge is 2.04. The molecule has 4 nitrogen and oxygen atoms in total. The highest BCUT2D eigenvalue weighted by molar-refractivity contribution is 5.75. The average Bonchev–Trinajstić information content (AvgIpc) is 2.32. The zero-order chi connectivity index (χ0) is 13.1. The van der Waals surface area contributed by atoms with Gasteiger partial charge < -0.3 is 0 Å². The maximum absolute atomic E-state index is 11.5. The predicted molar refractivity (Wildman–Crippen MR) is 69.4 cm³/mol. The van der Waals surface area contributed by atoms with E-state index >= 15 is 0 Å². The molecule has 0 N–H and O–H groups in total. The standard InChI is InChI=1S/C14H14N2O2/c1-10-3-5-12(6-4-10)13-7-8-14(18)16(15-13)9-11(2)17/h3-8H,9H2,1-2H3. The number of nitrogens with zero attached hydrogens (tertiary/aromatic N) is 2.